The molecule has 0 bridgehead atoms. The fourth-order valence-corrected chi connectivity index (χ4v) is 1.55. The van der Waals surface area contributed by atoms with Crippen molar-refractivity contribution in [1.29, 1.82) is 0 Å². The number of aromatic nitrogens is 2. The van der Waals surface area contributed by atoms with E-state index in [4.69, 9.17) is 9.84 Å². The smallest absolute Gasteiger partial charge is 0.356 e. The normalized spacial score (nSPS) is 10.1. The monoisotopic (exact) mass is 308 g/mol. The number of ether oxygens (including phenoxy) is 1. The number of halogens is 1. The Bertz CT molecular complexity index is 602. The molecule has 1 aromatic carbocycles. The van der Waals surface area contributed by atoms with Gasteiger partial charge in [0.1, 0.15) is 5.75 Å². The van der Waals surface area contributed by atoms with Crippen LogP contribution in [0.15, 0.2) is 35.1 Å². The second kappa shape index (κ2) is 5.14. The van der Waals surface area contributed by atoms with Gasteiger partial charge in [-0.05, 0) is 30.7 Å². The largest absolute Gasteiger partial charge is 0.476 e. The van der Waals surface area contributed by atoms with Crippen LogP contribution in [0, 0.1) is 6.92 Å². The van der Waals surface area contributed by atoms with Crippen LogP contribution < -0.4 is 4.74 Å². The van der Waals surface area contributed by atoms with E-state index in [0.717, 1.165) is 10.0 Å². The molecule has 1 N–H and O–H groups in total. The number of nitrogens with zero attached hydrogens (tertiary/aromatic N) is 2. The first kappa shape index (κ1) is 12.5. The number of benzene rings is 1. The molecule has 0 saturated heterocycles. The number of aryl methyl sites for hydroxylation is 1. The quantitative estimate of drug-likeness (QED) is 0.943. The molecule has 0 fully saturated rings. The summed E-state index contributed by atoms with van der Waals surface area (Å²) in [6.45, 7) is 1.93. The predicted molar refractivity (Wildman–Crippen MR) is 67.9 cm³/mol. The molecule has 1 aromatic heterocycles. The molecule has 0 amide bonds. The third-order valence-corrected chi connectivity index (χ3v) is 3.07. The molecule has 0 aliphatic carbocycles. The highest BCUT2D eigenvalue weighted by atomic mass is 79.9. The van der Waals surface area contributed by atoms with Gasteiger partial charge < -0.3 is 9.84 Å². The summed E-state index contributed by atoms with van der Waals surface area (Å²) in [5.41, 5.74) is 0.858. The van der Waals surface area contributed by atoms with Crippen molar-refractivity contribution in [1.82, 2.24) is 9.97 Å². The topological polar surface area (TPSA) is 72.3 Å². The Morgan fingerprint density at radius 2 is 2.17 bits per heavy atom. The molecular weight excluding hydrogens is 300 g/mol. The molecule has 0 radical (unpaired) electrons. The standard InChI is InChI=1S/C12H9BrN2O3/c1-7-4-8(2-3-9(7)13)18-11-6-14-5-10(15-11)12(16)17/h2-6H,1H3,(H,16,17). The molecule has 2 rings (SSSR count). The van der Waals surface area contributed by atoms with Gasteiger partial charge in [-0.15, -0.1) is 0 Å². The first-order valence-electron chi connectivity index (χ1n) is 5.05. The minimum atomic E-state index is -1.14. The second-order valence-electron chi connectivity index (χ2n) is 3.56. The summed E-state index contributed by atoms with van der Waals surface area (Å²) in [6, 6.07) is 5.42. The van der Waals surface area contributed by atoms with Gasteiger partial charge >= 0.3 is 5.97 Å². The molecule has 0 saturated carbocycles. The zero-order valence-electron chi connectivity index (χ0n) is 9.42. The van der Waals surface area contributed by atoms with Crippen molar-refractivity contribution in [2.75, 3.05) is 0 Å². The lowest BCUT2D eigenvalue weighted by molar-refractivity contribution is 0.0689. The van der Waals surface area contributed by atoms with Crippen LogP contribution in [0.2, 0.25) is 0 Å². The van der Waals surface area contributed by atoms with Gasteiger partial charge in [0.15, 0.2) is 5.69 Å². The summed E-state index contributed by atoms with van der Waals surface area (Å²) >= 11 is 3.38. The Morgan fingerprint density at radius 1 is 1.39 bits per heavy atom. The highest BCUT2D eigenvalue weighted by molar-refractivity contribution is 9.10. The minimum Gasteiger partial charge on any atom is -0.476 e. The third kappa shape index (κ3) is 2.84. The van der Waals surface area contributed by atoms with E-state index >= 15 is 0 Å². The van der Waals surface area contributed by atoms with Crippen molar-refractivity contribution in [2.45, 2.75) is 6.92 Å². The van der Waals surface area contributed by atoms with Gasteiger partial charge in [0, 0.05) is 4.47 Å². The van der Waals surface area contributed by atoms with Crippen LogP contribution in [-0.2, 0) is 0 Å². The first-order valence-corrected chi connectivity index (χ1v) is 5.85. The summed E-state index contributed by atoms with van der Waals surface area (Å²) in [6.07, 6.45) is 2.53. The van der Waals surface area contributed by atoms with Gasteiger partial charge in [0.25, 0.3) is 0 Å². The van der Waals surface area contributed by atoms with Gasteiger partial charge in [-0.1, -0.05) is 15.9 Å². The van der Waals surface area contributed by atoms with Crippen molar-refractivity contribution >= 4 is 21.9 Å². The average Bonchev–Trinajstić information content (AvgIpc) is 2.34. The molecule has 1 heterocycles. The van der Waals surface area contributed by atoms with Crippen molar-refractivity contribution in [3.05, 3.63) is 46.3 Å². The molecule has 92 valence electrons. The van der Waals surface area contributed by atoms with Gasteiger partial charge in [-0.2, -0.15) is 0 Å². The van der Waals surface area contributed by atoms with E-state index < -0.39 is 5.97 Å². The maximum atomic E-state index is 10.7. The Labute approximate surface area is 112 Å². The Balaban J connectivity index is 2.25. The highest BCUT2D eigenvalue weighted by Crippen LogP contribution is 2.24. The fraction of sp³-hybridized carbons (Fsp3) is 0.0833. The molecule has 2 aromatic rings. The third-order valence-electron chi connectivity index (χ3n) is 2.18. The van der Waals surface area contributed by atoms with E-state index in [9.17, 15) is 4.79 Å². The van der Waals surface area contributed by atoms with Crippen LogP contribution in [0.1, 0.15) is 16.1 Å². The average molecular weight is 309 g/mol. The molecule has 5 nitrogen and oxygen atoms in total. The van der Waals surface area contributed by atoms with Crippen LogP contribution in [0.3, 0.4) is 0 Å². The number of hydrogen-bond donors (Lipinski definition) is 1. The number of carbonyl (C=O) groups is 1. The Morgan fingerprint density at radius 3 is 2.83 bits per heavy atom. The molecule has 0 aliphatic rings. The van der Waals surface area contributed by atoms with Gasteiger partial charge in [0.2, 0.25) is 5.88 Å². The molecule has 0 spiro atoms. The Kier molecular flexibility index (Phi) is 3.57. The SMILES string of the molecule is Cc1cc(Oc2cncc(C(=O)O)n2)ccc1Br. The maximum absolute atomic E-state index is 10.7. The minimum absolute atomic E-state index is 0.150. The number of hydrogen-bond acceptors (Lipinski definition) is 4. The summed E-state index contributed by atoms with van der Waals surface area (Å²) in [4.78, 5) is 18.3. The van der Waals surface area contributed by atoms with Gasteiger partial charge in [0.05, 0.1) is 12.4 Å². The van der Waals surface area contributed by atoms with Crippen LogP contribution in [0.25, 0.3) is 0 Å². The zero-order chi connectivity index (χ0) is 13.1. The van der Waals surface area contributed by atoms with E-state index in [1.807, 2.05) is 19.1 Å². The lowest BCUT2D eigenvalue weighted by Gasteiger charge is -2.06. The van der Waals surface area contributed by atoms with E-state index in [0.29, 0.717) is 5.75 Å². The van der Waals surface area contributed by atoms with E-state index in [1.54, 1.807) is 6.07 Å². The lowest BCUT2D eigenvalue weighted by atomic mass is 10.2. The lowest BCUT2D eigenvalue weighted by Crippen LogP contribution is -2.02. The van der Waals surface area contributed by atoms with Crippen LogP contribution >= 0.6 is 15.9 Å². The fourth-order valence-electron chi connectivity index (χ4n) is 1.30. The molecule has 0 atom stereocenters. The van der Waals surface area contributed by atoms with E-state index in [2.05, 4.69) is 25.9 Å². The number of carboxylic acids is 1. The zero-order valence-corrected chi connectivity index (χ0v) is 11.0. The number of rotatable bonds is 3. The summed E-state index contributed by atoms with van der Waals surface area (Å²) in [7, 11) is 0. The highest BCUT2D eigenvalue weighted by Gasteiger charge is 2.08. The van der Waals surface area contributed by atoms with Crippen LogP contribution in [-0.4, -0.2) is 21.0 Å². The van der Waals surface area contributed by atoms with Crippen LogP contribution in [0.5, 0.6) is 11.6 Å². The van der Waals surface area contributed by atoms with Gasteiger partial charge in [-0.25, -0.2) is 9.78 Å². The first-order chi connectivity index (χ1) is 8.56. The molecule has 6 heteroatoms. The predicted octanol–water partition coefficient (Wildman–Crippen LogP) is 3.04. The summed E-state index contributed by atoms with van der Waals surface area (Å²) in [5.74, 6) is -0.413. The summed E-state index contributed by atoms with van der Waals surface area (Å²) in [5, 5.41) is 8.79. The summed E-state index contributed by atoms with van der Waals surface area (Å²) < 4.78 is 6.42. The van der Waals surface area contributed by atoms with Crippen molar-refractivity contribution in [3.63, 3.8) is 0 Å². The van der Waals surface area contributed by atoms with E-state index in [1.165, 1.54) is 12.4 Å². The molecule has 0 unspecified atom stereocenters. The van der Waals surface area contributed by atoms with Crippen molar-refractivity contribution in [3.8, 4) is 11.6 Å². The number of carboxylic acid groups (broad SMARTS) is 1. The Hall–Kier alpha value is -1.95. The molecule has 0 aliphatic heterocycles. The van der Waals surface area contributed by atoms with Crippen molar-refractivity contribution < 1.29 is 14.6 Å². The van der Waals surface area contributed by atoms with Crippen LogP contribution in [0.4, 0.5) is 0 Å². The van der Waals surface area contributed by atoms with Crippen molar-refractivity contribution in [2.24, 2.45) is 0 Å². The maximum Gasteiger partial charge on any atom is 0.356 e. The van der Waals surface area contributed by atoms with E-state index in [-0.39, 0.29) is 11.6 Å². The molecule has 18 heavy (non-hydrogen) atoms. The van der Waals surface area contributed by atoms with Gasteiger partial charge in [-0.3, -0.25) is 4.98 Å². The molecular formula is C12H9BrN2O3. The number of aromatic carboxylic acids is 1. The second-order valence-corrected chi connectivity index (χ2v) is 4.42.